The van der Waals surface area contributed by atoms with Gasteiger partial charge in [0.2, 0.25) is 5.91 Å². The van der Waals surface area contributed by atoms with Crippen LogP contribution in [0.25, 0.3) is 0 Å². The molecule has 0 N–H and O–H groups in total. The van der Waals surface area contributed by atoms with E-state index in [1.807, 2.05) is 24.1 Å². The van der Waals surface area contributed by atoms with Gasteiger partial charge in [0.15, 0.2) is 5.54 Å². The van der Waals surface area contributed by atoms with E-state index < -0.39 is 22.0 Å². The van der Waals surface area contributed by atoms with Gasteiger partial charge in [0.1, 0.15) is 20.6 Å². The fourth-order valence-electron chi connectivity index (χ4n) is 5.96. The number of furan rings is 1. The van der Waals surface area contributed by atoms with E-state index in [2.05, 4.69) is 4.98 Å². The third-order valence-corrected chi connectivity index (χ3v) is 9.36. The number of rotatable bonds is 3. The number of pyridine rings is 1. The van der Waals surface area contributed by atoms with Gasteiger partial charge in [-0.3, -0.25) is 24.4 Å². The van der Waals surface area contributed by atoms with Crippen molar-refractivity contribution in [2.45, 2.75) is 22.7 Å². The summed E-state index contributed by atoms with van der Waals surface area (Å²) in [6, 6.07) is 11.6. The van der Waals surface area contributed by atoms with Crippen molar-refractivity contribution in [1.29, 1.82) is 0 Å². The lowest BCUT2D eigenvalue weighted by molar-refractivity contribution is -0.139. The van der Waals surface area contributed by atoms with Crippen molar-refractivity contribution in [3.63, 3.8) is 0 Å². The molecule has 2 amide bonds. The summed E-state index contributed by atoms with van der Waals surface area (Å²) in [6.07, 6.45) is 4.89. The second-order valence-corrected chi connectivity index (χ2v) is 10.9. The van der Waals surface area contributed by atoms with Crippen LogP contribution in [0.1, 0.15) is 22.8 Å². The summed E-state index contributed by atoms with van der Waals surface area (Å²) in [5.41, 5.74) is 0.485. The number of anilines is 1. The summed E-state index contributed by atoms with van der Waals surface area (Å²) in [4.78, 5) is 37.9. The van der Waals surface area contributed by atoms with Gasteiger partial charge in [0, 0.05) is 43.2 Å². The molecule has 5 heterocycles. The minimum Gasteiger partial charge on any atom is -0.467 e. The molecule has 2 spiro atoms. The van der Waals surface area contributed by atoms with Crippen molar-refractivity contribution in [2.75, 3.05) is 25.5 Å². The van der Waals surface area contributed by atoms with Crippen LogP contribution in [0.2, 0.25) is 0 Å². The number of thioether (sulfide) groups is 1. The molecule has 2 saturated heterocycles. The van der Waals surface area contributed by atoms with Gasteiger partial charge in [-0.05, 0) is 55.1 Å². The maximum absolute atomic E-state index is 14.7. The van der Waals surface area contributed by atoms with Gasteiger partial charge in [-0.15, -0.1) is 0 Å². The second kappa shape index (κ2) is 7.71. The summed E-state index contributed by atoms with van der Waals surface area (Å²) in [5.74, 6) is -0.846. The first-order chi connectivity index (χ1) is 16.8. The van der Waals surface area contributed by atoms with E-state index >= 15 is 0 Å². The predicted octanol–water partition coefficient (Wildman–Crippen LogP) is 3.51. The molecule has 0 saturated carbocycles. The number of fused-ring (bicyclic) bond motifs is 3. The van der Waals surface area contributed by atoms with Gasteiger partial charge < -0.3 is 9.32 Å². The fraction of sp³-hybridized carbons (Fsp3) is 0.280. The molecule has 0 bridgehead atoms. The van der Waals surface area contributed by atoms with Crippen molar-refractivity contribution in [3.8, 4) is 0 Å². The highest BCUT2D eigenvalue weighted by atomic mass is 32.2. The third kappa shape index (κ3) is 2.75. The maximum atomic E-state index is 14.7. The molecule has 3 aliphatic heterocycles. The highest BCUT2D eigenvalue weighted by Gasteiger charge is 2.78. The quantitative estimate of drug-likeness (QED) is 0.502. The molecular weight excluding hydrogens is 487 g/mol. The largest absolute Gasteiger partial charge is 0.467 e. The SMILES string of the molecule is CN1C(=O)[C@]2(c3cc(F)ccc31)N(C)C[C@@H](c1ccncc1)[C@@]21SC(=S)N(Cc2ccco2)C1=O. The summed E-state index contributed by atoms with van der Waals surface area (Å²) >= 11 is 6.98. The van der Waals surface area contributed by atoms with Gasteiger partial charge in [0.25, 0.3) is 5.91 Å². The Hall–Kier alpha value is -3.08. The standard InChI is InChI=1S/C25H21FN4O3S2/c1-28-14-19(15-7-9-27-10-8-15)25(22(32)30(23(34)35-25)13-17-4-3-11-33-17)24(28)18-12-16(26)5-6-20(18)29(2)21(24)31/h3-12,19H,13-14H2,1-2H3/t19-,24-,25-/m0/s1. The van der Waals surface area contributed by atoms with Gasteiger partial charge in [-0.1, -0.05) is 24.0 Å². The summed E-state index contributed by atoms with van der Waals surface area (Å²) < 4.78 is 19.2. The average molecular weight is 509 g/mol. The number of thiocarbonyl (C=S) groups is 1. The normalized spacial score (nSPS) is 28.2. The number of carbonyl (C=O) groups is 2. The zero-order valence-electron chi connectivity index (χ0n) is 19.0. The van der Waals surface area contributed by atoms with Crippen molar-refractivity contribution in [3.05, 3.63) is 83.8 Å². The third-order valence-electron chi connectivity index (χ3n) is 7.42. The van der Waals surface area contributed by atoms with Gasteiger partial charge in [-0.2, -0.15) is 0 Å². The van der Waals surface area contributed by atoms with E-state index in [-0.39, 0.29) is 18.4 Å². The molecule has 3 aliphatic rings. The predicted molar refractivity (Wildman–Crippen MR) is 133 cm³/mol. The number of halogens is 1. The summed E-state index contributed by atoms with van der Waals surface area (Å²) in [7, 11) is 3.49. The Morgan fingerprint density at radius 3 is 2.66 bits per heavy atom. The molecule has 3 atom stereocenters. The van der Waals surface area contributed by atoms with Crippen LogP contribution in [0.3, 0.4) is 0 Å². The minimum absolute atomic E-state index is 0.155. The zero-order valence-corrected chi connectivity index (χ0v) is 20.6. The number of likely N-dealkylation sites (N-methyl/N-ethyl adjacent to an activating group) is 2. The van der Waals surface area contributed by atoms with Crippen LogP contribution in [-0.4, -0.2) is 56.3 Å². The Balaban J connectivity index is 1.62. The first kappa shape index (κ1) is 22.4. The van der Waals surface area contributed by atoms with Crippen molar-refractivity contribution < 1.29 is 18.4 Å². The topological polar surface area (TPSA) is 69.9 Å². The molecule has 3 aromatic rings. The molecule has 2 fully saturated rings. The Morgan fingerprint density at radius 1 is 1.17 bits per heavy atom. The monoisotopic (exact) mass is 508 g/mol. The van der Waals surface area contributed by atoms with Crippen molar-refractivity contribution in [2.24, 2.45) is 0 Å². The molecule has 0 radical (unpaired) electrons. The van der Waals surface area contributed by atoms with Crippen LogP contribution in [-0.2, 0) is 21.7 Å². The smallest absolute Gasteiger partial charge is 0.254 e. The lowest BCUT2D eigenvalue weighted by Crippen LogP contribution is -2.62. The molecule has 2 aromatic heterocycles. The number of aromatic nitrogens is 1. The van der Waals surface area contributed by atoms with E-state index in [0.717, 1.165) is 5.56 Å². The number of hydrogen-bond acceptors (Lipinski definition) is 7. The zero-order chi connectivity index (χ0) is 24.5. The summed E-state index contributed by atoms with van der Waals surface area (Å²) in [6.45, 7) is 0.553. The lowest BCUT2D eigenvalue weighted by atomic mass is 9.72. The molecule has 1 aromatic carbocycles. The number of hydrogen-bond donors (Lipinski definition) is 0. The average Bonchev–Trinajstić information content (AvgIpc) is 3.57. The lowest BCUT2D eigenvalue weighted by Gasteiger charge is -2.42. The van der Waals surface area contributed by atoms with Crippen LogP contribution in [0.15, 0.2) is 65.5 Å². The first-order valence-corrected chi connectivity index (χ1v) is 12.3. The minimum atomic E-state index is -1.45. The van der Waals surface area contributed by atoms with Crippen LogP contribution in [0.5, 0.6) is 0 Å². The highest BCUT2D eigenvalue weighted by Crippen LogP contribution is 2.66. The molecule has 0 aliphatic carbocycles. The van der Waals surface area contributed by atoms with Gasteiger partial charge >= 0.3 is 0 Å². The Bertz CT molecular complexity index is 1370. The Labute approximate surface area is 210 Å². The number of amides is 2. The molecule has 0 unspecified atom stereocenters. The number of nitrogens with zero attached hydrogens (tertiary/aromatic N) is 4. The van der Waals surface area contributed by atoms with E-state index in [4.69, 9.17) is 16.6 Å². The molecule has 178 valence electrons. The van der Waals surface area contributed by atoms with Gasteiger partial charge in [0.05, 0.1) is 12.8 Å². The Kier molecular flexibility index (Phi) is 4.93. The molecular formula is C25H21FN4O3S2. The maximum Gasteiger partial charge on any atom is 0.254 e. The molecule has 6 rings (SSSR count). The second-order valence-electron chi connectivity index (χ2n) is 9.02. The molecule has 7 nitrogen and oxygen atoms in total. The number of likely N-dealkylation sites (tertiary alicyclic amines) is 1. The molecule has 10 heteroatoms. The van der Waals surface area contributed by atoms with E-state index in [0.29, 0.717) is 27.9 Å². The van der Waals surface area contributed by atoms with E-state index in [9.17, 15) is 14.0 Å². The van der Waals surface area contributed by atoms with Crippen molar-refractivity contribution in [1.82, 2.24) is 14.8 Å². The number of carbonyl (C=O) groups excluding carboxylic acids is 2. The van der Waals surface area contributed by atoms with Crippen LogP contribution >= 0.6 is 24.0 Å². The van der Waals surface area contributed by atoms with Crippen LogP contribution in [0, 0.1) is 5.82 Å². The highest BCUT2D eigenvalue weighted by molar-refractivity contribution is 8.25. The van der Waals surface area contributed by atoms with Crippen LogP contribution < -0.4 is 4.90 Å². The Morgan fingerprint density at radius 2 is 1.94 bits per heavy atom. The fourth-order valence-corrected chi connectivity index (χ4v) is 8.09. The number of benzene rings is 1. The van der Waals surface area contributed by atoms with Crippen molar-refractivity contribution >= 4 is 45.8 Å². The van der Waals surface area contributed by atoms with E-state index in [1.165, 1.54) is 33.7 Å². The summed E-state index contributed by atoms with van der Waals surface area (Å²) in [5, 5.41) is 0. The van der Waals surface area contributed by atoms with E-state index in [1.54, 1.807) is 43.9 Å². The molecule has 35 heavy (non-hydrogen) atoms. The van der Waals surface area contributed by atoms with Gasteiger partial charge in [-0.25, -0.2) is 4.39 Å². The van der Waals surface area contributed by atoms with Crippen LogP contribution in [0.4, 0.5) is 10.1 Å². The first-order valence-electron chi connectivity index (χ1n) is 11.1.